The minimum Gasteiger partial charge on any atom is -0.456 e. The largest absolute Gasteiger partial charge is 0.456 e. The Morgan fingerprint density at radius 1 is 1.10 bits per heavy atom. The second-order valence-electron chi connectivity index (χ2n) is 8.08. The number of hydrogen-bond donors (Lipinski definition) is 1. The Labute approximate surface area is 174 Å². The quantitative estimate of drug-likeness (QED) is 0.692. The number of carbonyl (C=O) groups excluding carboxylic acids is 4. The number of nitrogens with zero attached hydrogens (tertiary/aromatic N) is 2. The number of likely N-dealkylation sites (tertiary alicyclic amines) is 1. The van der Waals surface area contributed by atoms with Crippen molar-refractivity contribution in [1.29, 1.82) is 0 Å². The van der Waals surface area contributed by atoms with Gasteiger partial charge in [0.15, 0.2) is 6.61 Å². The van der Waals surface area contributed by atoms with Gasteiger partial charge in [0.05, 0.1) is 13.1 Å². The molecule has 4 rings (SSSR count). The summed E-state index contributed by atoms with van der Waals surface area (Å²) in [5.41, 5.74) is 1.96. The number of ether oxygens (including phenoxy) is 2. The first-order chi connectivity index (χ1) is 14.3. The van der Waals surface area contributed by atoms with Crippen molar-refractivity contribution in [3.05, 3.63) is 29.8 Å². The van der Waals surface area contributed by atoms with Crippen molar-refractivity contribution >= 4 is 29.6 Å². The molecule has 0 radical (unpaired) electrons. The zero-order valence-corrected chi connectivity index (χ0v) is 17.0. The Morgan fingerprint density at radius 2 is 1.77 bits per heavy atom. The smallest absolute Gasteiger partial charge is 0.414 e. The molecule has 0 aromatic heterocycles. The van der Waals surface area contributed by atoms with Gasteiger partial charge in [-0.3, -0.25) is 19.3 Å². The second kappa shape index (κ2) is 7.97. The molecular weight excluding hydrogens is 390 g/mol. The number of anilines is 1. The van der Waals surface area contributed by atoms with E-state index in [-0.39, 0.29) is 24.5 Å². The lowest BCUT2D eigenvalue weighted by atomic mass is 10.1. The van der Waals surface area contributed by atoms with Crippen LogP contribution in [0, 0.1) is 11.8 Å². The lowest BCUT2D eigenvalue weighted by molar-refractivity contribution is -0.150. The van der Waals surface area contributed by atoms with Crippen LogP contribution in [0.25, 0.3) is 0 Å². The van der Waals surface area contributed by atoms with E-state index in [0.29, 0.717) is 43.9 Å². The van der Waals surface area contributed by atoms with Gasteiger partial charge in [0.2, 0.25) is 5.91 Å². The van der Waals surface area contributed by atoms with E-state index < -0.39 is 12.1 Å². The first-order valence-corrected chi connectivity index (χ1v) is 10.1. The van der Waals surface area contributed by atoms with E-state index in [9.17, 15) is 19.2 Å². The van der Waals surface area contributed by atoms with Gasteiger partial charge in [-0.15, -0.1) is 0 Å². The van der Waals surface area contributed by atoms with Gasteiger partial charge in [0.1, 0.15) is 6.10 Å². The van der Waals surface area contributed by atoms with Crippen LogP contribution in [0.15, 0.2) is 24.3 Å². The Bertz CT molecular complexity index is 858. The van der Waals surface area contributed by atoms with Crippen molar-refractivity contribution in [1.82, 2.24) is 10.2 Å². The molecule has 4 atom stereocenters. The summed E-state index contributed by atoms with van der Waals surface area (Å²) in [5.74, 6) is 0.513. The Kier molecular flexibility index (Phi) is 5.36. The minimum absolute atomic E-state index is 0.145. The predicted octanol–water partition coefficient (Wildman–Crippen LogP) is 0.883. The van der Waals surface area contributed by atoms with Crippen LogP contribution in [0.3, 0.4) is 0 Å². The first-order valence-electron chi connectivity index (χ1n) is 10.1. The fourth-order valence-corrected chi connectivity index (χ4v) is 4.45. The summed E-state index contributed by atoms with van der Waals surface area (Å²) in [6.07, 6.45) is -0.775. The molecule has 1 aromatic carbocycles. The molecule has 9 nitrogen and oxygen atoms in total. The number of nitrogens with one attached hydrogen (secondary N) is 1. The summed E-state index contributed by atoms with van der Waals surface area (Å²) < 4.78 is 10.1. The van der Waals surface area contributed by atoms with E-state index in [1.165, 1.54) is 19.4 Å². The third kappa shape index (κ3) is 4.10. The number of fused-ring (bicyclic) bond motifs is 1. The molecule has 2 saturated heterocycles. The molecule has 3 aliphatic rings. The maximum Gasteiger partial charge on any atom is 0.414 e. The predicted molar refractivity (Wildman–Crippen MR) is 106 cm³/mol. The van der Waals surface area contributed by atoms with E-state index in [1.54, 1.807) is 9.80 Å². The number of cyclic esters (lactones) is 1. The summed E-state index contributed by atoms with van der Waals surface area (Å²) in [6, 6.07) is 7.87. The van der Waals surface area contributed by atoms with Crippen LogP contribution in [0.2, 0.25) is 0 Å². The maximum atomic E-state index is 12.1. The van der Waals surface area contributed by atoms with Gasteiger partial charge in [0, 0.05) is 32.6 Å². The number of hydrogen-bond acceptors (Lipinski definition) is 6. The highest BCUT2D eigenvalue weighted by atomic mass is 16.6. The van der Waals surface area contributed by atoms with E-state index in [4.69, 9.17) is 9.47 Å². The lowest BCUT2D eigenvalue weighted by Gasteiger charge is -2.20. The molecule has 2 heterocycles. The zero-order valence-electron chi connectivity index (χ0n) is 17.0. The number of rotatable bonds is 6. The molecule has 3 fully saturated rings. The fourth-order valence-electron chi connectivity index (χ4n) is 4.45. The molecular formula is C21H25N3O6. The van der Waals surface area contributed by atoms with Crippen molar-refractivity contribution in [2.45, 2.75) is 25.9 Å². The fraction of sp³-hybridized carbons (Fsp3) is 0.524. The van der Waals surface area contributed by atoms with Gasteiger partial charge in [0.25, 0.3) is 5.91 Å². The average Bonchev–Trinajstić information content (AvgIpc) is 3.02. The number of benzene rings is 1. The minimum atomic E-state index is -0.450. The standard InChI is InChI=1S/C21H25N3O6/c1-12(25)22-7-16-8-24(21(28)30-16)15-5-3-14(4-6-15)20-17-9-23(10-18(17)20)19(27)11-29-13(2)26/h3-6,16-18,20H,7-11H2,1-2H3,(H,22,25)/t16-,17-,18+,20+/m0/s1. The van der Waals surface area contributed by atoms with Gasteiger partial charge in [-0.2, -0.15) is 0 Å². The van der Waals surface area contributed by atoms with Gasteiger partial charge in [-0.1, -0.05) is 12.1 Å². The van der Waals surface area contributed by atoms with Crippen LogP contribution >= 0.6 is 0 Å². The Morgan fingerprint density at radius 3 is 2.37 bits per heavy atom. The van der Waals surface area contributed by atoms with E-state index >= 15 is 0 Å². The average molecular weight is 415 g/mol. The van der Waals surface area contributed by atoms with Gasteiger partial charge >= 0.3 is 12.1 Å². The van der Waals surface area contributed by atoms with Crippen molar-refractivity contribution < 1.29 is 28.7 Å². The topological polar surface area (TPSA) is 105 Å². The van der Waals surface area contributed by atoms with E-state index in [2.05, 4.69) is 5.32 Å². The maximum absolute atomic E-state index is 12.1. The van der Waals surface area contributed by atoms with E-state index in [0.717, 1.165) is 5.69 Å². The third-order valence-corrected chi connectivity index (χ3v) is 5.99. The lowest BCUT2D eigenvalue weighted by Crippen LogP contribution is -2.34. The molecule has 0 spiro atoms. The molecule has 3 amide bonds. The number of esters is 1. The third-order valence-electron chi connectivity index (χ3n) is 5.99. The van der Waals surface area contributed by atoms with Crippen molar-refractivity contribution in [3.63, 3.8) is 0 Å². The zero-order chi connectivity index (χ0) is 21.4. The van der Waals surface area contributed by atoms with Gasteiger partial charge in [-0.25, -0.2) is 4.79 Å². The summed E-state index contributed by atoms with van der Waals surface area (Å²) in [5, 5.41) is 2.66. The van der Waals surface area contributed by atoms with Crippen LogP contribution in [0.4, 0.5) is 10.5 Å². The molecule has 1 aromatic rings. The van der Waals surface area contributed by atoms with Crippen molar-refractivity contribution in [3.8, 4) is 0 Å². The van der Waals surface area contributed by atoms with Crippen LogP contribution in [0.5, 0.6) is 0 Å². The second-order valence-corrected chi connectivity index (χ2v) is 8.08. The first kappa shape index (κ1) is 20.2. The normalized spacial score (nSPS) is 26.8. The highest BCUT2D eigenvalue weighted by Crippen LogP contribution is 2.58. The van der Waals surface area contributed by atoms with E-state index in [1.807, 2.05) is 24.3 Å². The summed E-state index contributed by atoms with van der Waals surface area (Å²) >= 11 is 0. The van der Waals surface area contributed by atoms with Gasteiger partial charge < -0.3 is 19.7 Å². The molecule has 9 heteroatoms. The van der Waals surface area contributed by atoms with Crippen LogP contribution in [-0.4, -0.2) is 67.7 Å². The summed E-state index contributed by atoms with van der Waals surface area (Å²) in [7, 11) is 0. The van der Waals surface area contributed by atoms with Crippen LogP contribution in [0.1, 0.15) is 25.3 Å². The Hall–Kier alpha value is -3.10. The number of amides is 3. The van der Waals surface area contributed by atoms with Crippen molar-refractivity contribution in [2.24, 2.45) is 11.8 Å². The molecule has 1 N–H and O–H groups in total. The molecule has 1 saturated carbocycles. The van der Waals surface area contributed by atoms with Crippen LogP contribution in [-0.2, 0) is 23.9 Å². The van der Waals surface area contributed by atoms with Gasteiger partial charge in [-0.05, 0) is 35.4 Å². The van der Waals surface area contributed by atoms with Crippen LogP contribution < -0.4 is 10.2 Å². The Balaban J connectivity index is 1.30. The molecule has 2 aliphatic heterocycles. The molecule has 0 bridgehead atoms. The van der Waals surface area contributed by atoms with Crippen molar-refractivity contribution in [2.75, 3.05) is 37.7 Å². The molecule has 30 heavy (non-hydrogen) atoms. The highest BCUT2D eigenvalue weighted by Gasteiger charge is 2.57. The monoisotopic (exact) mass is 415 g/mol. The summed E-state index contributed by atoms with van der Waals surface area (Å²) in [6.45, 7) is 4.58. The molecule has 160 valence electrons. The summed E-state index contributed by atoms with van der Waals surface area (Å²) in [4.78, 5) is 49.4. The number of carbonyl (C=O) groups is 4. The molecule has 1 aliphatic carbocycles. The SMILES string of the molecule is CC(=O)NC[C@H]1CN(c2ccc([C@H]3[C@@H]4CN(C(=O)COC(C)=O)C[C@@H]43)cc2)C(=O)O1. The highest BCUT2D eigenvalue weighted by molar-refractivity contribution is 5.89. The number of piperidine rings is 1. The molecule has 0 unspecified atom stereocenters.